The van der Waals surface area contributed by atoms with E-state index in [1.165, 1.54) is 38.2 Å². The number of ketones is 1. The van der Waals surface area contributed by atoms with Crippen LogP contribution in [0.15, 0.2) is 45.8 Å². The molecule has 0 bridgehead atoms. The Morgan fingerprint density at radius 3 is 2.50 bits per heavy atom. The second-order valence-electron chi connectivity index (χ2n) is 12.8. The number of amides is 1. The molecule has 0 radical (unpaired) electrons. The first kappa shape index (κ1) is 33.6. The fourth-order valence-corrected chi connectivity index (χ4v) is 6.30. The average molecular weight is 680 g/mol. The van der Waals surface area contributed by atoms with Crippen LogP contribution in [0, 0.1) is 0 Å². The Labute approximate surface area is 283 Å². The molecule has 1 saturated carbocycles. The number of hydrogen-bond acceptors (Lipinski definition) is 12. The van der Waals surface area contributed by atoms with E-state index in [-0.39, 0.29) is 18.6 Å². The molecule has 1 N–H and O–H groups in total. The zero-order valence-electron chi connectivity index (χ0n) is 28.0. The van der Waals surface area contributed by atoms with Crippen LogP contribution in [0.2, 0.25) is 0 Å². The Hall–Kier alpha value is -4.27. The molecule has 2 fully saturated rings. The number of aromatic nitrogens is 3. The first-order valence-electron chi connectivity index (χ1n) is 15.9. The van der Waals surface area contributed by atoms with Crippen LogP contribution in [0.1, 0.15) is 81.1 Å². The van der Waals surface area contributed by atoms with E-state index in [0.717, 1.165) is 42.7 Å². The summed E-state index contributed by atoms with van der Waals surface area (Å²) in [5.74, 6) is 1.95. The number of ether oxygens (including phenoxy) is 5. The maximum Gasteiger partial charge on any atom is 0.420 e. The van der Waals surface area contributed by atoms with Gasteiger partial charge in [-0.25, -0.2) is 14.4 Å². The highest BCUT2D eigenvalue weighted by Gasteiger charge is 2.36. The van der Waals surface area contributed by atoms with Crippen molar-refractivity contribution in [2.45, 2.75) is 75.5 Å². The van der Waals surface area contributed by atoms with Gasteiger partial charge >= 0.3 is 6.09 Å². The number of carbonyl (C=O) groups excluding carboxylic acids is 2. The van der Waals surface area contributed by atoms with Gasteiger partial charge in [0.1, 0.15) is 23.7 Å². The van der Waals surface area contributed by atoms with Crippen LogP contribution in [0.3, 0.4) is 0 Å². The molecule has 2 aromatic carbocycles. The number of hydrogen-bond donors (Lipinski definition) is 1. The summed E-state index contributed by atoms with van der Waals surface area (Å²) in [5.41, 5.74) is 1.56. The van der Waals surface area contributed by atoms with Gasteiger partial charge in [0.05, 0.1) is 30.2 Å². The highest BCUT2D eigenvalue weighted by molar-refractivity contribution is 8.00. The molecule has 1 unspecified atom stereocenters. The van der Waals surface area contributed by atoms with Crippen LogP contribution in [0.5, 0.6) is 11.5 Å². The highest BCUT2D eigenvalue weighted by Crippen LogP contribution is 2.46. The third-order valence-corrected chi connectivity index (χ3v) is 8.86. The van der Waals surface area contributed by atoms with Crippen molar-refractivity contribution in [2.24, 2.45) is 0 Å². The molecule has 1 aliphatic heterocycles. The van der Waals surface area contributed by atoms with Crippen LogP contribution in [-0.4, -0.2) is 67.0 Å². The van der Waals surface area contributed by atoms with Gasteiger partial charge in [-0.1, -0.05) is 5.16 Å². The maximum absolute atomic E-state index is 13.9. The number of Topliss-reactive ketones (excluding diaryl/α,β-unsaturated/α-hetero) is 1. The van der Waals surface area contributed by atoms with E-state index in [2.05, 4.69) is 9.88 Å². The van der Waals surface area contributed by atoms with E-state index < -0.39 is 11.7 Å². The lowest BCUT2D eigenvalue weighted by Gasteiger charge is -2.27. The van der Waals surface area contributed by atoms with Gasteiger partial charge in [0.2, 0.25) is 0 Å². The summed E-state index contributed by atoms with van der Waals surface area (Å²) in [6, 6.07) is 10.6. The summed E-state index contributed by atoms with van der Waals surface area (Å²) < 4.78 is 39.3. The molecule has 48 heavy (non-hydrogen) atoms. The minimum absolute atomic E-state index is 0.0213. The van der Waals surface area contributed by atoms with Crippen LogP contribution >= 0.6 is 11.9 Å². The molecule has 1 atom stereocenters. The van der Waals surface area contributed by atoms with Gasteiger partial charge in [0, 0.05) is 43.0 Å². The molecule has 256 valence electrons. The number of carbonyl (C=O) groups is 2. The SMILES string of the molecule is COCC(=O)c1ccc(SNc2noc3cc(N(C(=O)OC(C)(C)C)c4cc(C5CC5)n(C5CCCCO5)n4)c(OC)cc23)c(OC)c1. The van der Waals surface area contributed by atoms with E-state index in [4.69, 9.17) is 33.3 Å². The summed E-state index contributed by atoms with van der Waals surface area (Å²) in [4.78, 5) is 28.4. The molecular formula is C34H41N5O8S. The lowest BCUT2D eigenvalue weighted by molar-refractivity contribution is -0.0410. The van der Waals surface area contributed by atoms with Gasteiger partial charge in [-0.05, 0) is 89.1 Å². The van der Waals surface area contributed by atoms with Crippen molar-refractivity contribution in [3.05, 3.63) is 47.7 Å². The largest absolute Gasteiger partial charge is 0.495 e. The van der Waals surface area contributed by atoms with E-state index in [1.807, 2.05) is 31.5 Å². The predicted octanol–water partition coefficient (Wildman–Crippen LogP) is 7.64. The number of fused-ring (bicyclic) bond motifs is 1. The molecule has 0 spiro atoms. The lowest BCUT2D eigenvalue weighted by atomic mass is 10.1. The molecule has 1 aliphatic carbocycles. The summed E-state index contributed by atoms with van der Waals surface area (Å²) in [5, 5.41) is 9.83. The van der Waals surface area contributed by atoms with Crippen molar-refractivity contribution in [2.75, 3.05) is 44.2 Å². The molecule has 2 aliphatic rings. The summed E-state index contributed by atoms with van der Waals surface area (Å²) in [6.45, 7) is 6.11. The van der Waals surface area contributed by atoms with Crippen molar-refractivity contribution in [1.82, 2.24) is 14.9 Å². The third kappa shape index (κ3) is 7.25. The number of methoxy groups -OCH3 is 3. The van der Waals surface area contributed by atoms with Crippen molar-refractivity contribution < 1.29 is 37.8 Å². The molecule has 1 saturated heterocycles. The summed E-state index contributed by atoms with van der Waals surface area (Å²) >= 11 is 1.25. The Kier molecular flexibility index (Phi) is 9.85. The molecule has 14 heteroatoms. The van der Waals surface area contributed by atoms with Gasteiger partial charge in [0.15, 0.2) is 29.2 Å². The van der Waals surface area contributed by atoms with Crippen molar-refractivity contribution in [1.29, 1.82) is 0 Å². The van der Waals surface area contributed by atoms with Crippen LogP contribution < -0.4 is 19.1 Å². The normalized spacial score (nSPS) is 16.5. The monoisotopic (exact) mass is 679 g/mol. The van der Waals surface area contributed by atoms with Gasteiger partial charge < -0.3 is 32.9 Å². The second kappa shape index (κ2) is 14.1. The van der Waals surface area contributed by atoms with Crippen LogP contribution in [-0.2, 0) is 14.2 Å². The van der Waals surface area contributed by atoms with E-state index in [1.54, 1.807) is 30.3 Å². The standard InChI is InChI=1S/C34H41N5O8S/c1-34(2,3)46-33(41)38(30-18-23(20-10-11-20)39(35-30)31-9-7-8-14-45-31)24-17-26-22(16-27(24)43-5)32(36-47-26)37-48-29-13-12-21(15-28(29)44-6)25(40)19-42-4/h12-13,15-18,20,31H,7-11,14,19H2,1-6H3,(H,36,37). The lowest BCUT2D eigenvalue weighted by Crippen LogP contribution is -2.34. The molecule has 6 rings (SSSR count). The third-order valence-electron chi connectivity index (χ3n) is 8.01. The fourth-order valence-electron chi connectivity index (χ4n) is 5.57. The van der Waals surface area contributed by atoms with E-state index >= 15 is 0 Å². The topological polar surface area (TPSA) is 139 Å². The smallest absolute Gasteiger partial charge is 0.420 e. The Bertz CT molecular complexity index is 1790. The minimum atomic E-state index is -0.766. The number of benzene rings is 2. The van der Waals surface area contributed by atoms with Gasteiger partial charge in [-0.2, -0.15) is 5.10 Å². The quantitative estimate of drug-likeness (QED) is 0.116. The Balaban J connectivity index is 1.34. The maximum atomic E-state index is 13.9. The first-order valence-corrected chi connectivity index (χ1v) is 16.8. The average Bonchev–Trinajstić information content (AvgIpc) is 3.71. The first-order chi connectivity index (χ1) is 23.1. The Morgan fingerprint density at radius 1 is 1.04 bits per heavy atom. The molecule has 1 amide bonds. The van der Waals surface area contributed by atoms with Crippen molar-refractivity contribution in [3.8, 4) is 11.5 Å². The van der Waals surface area contributed by atoms with Gasteiger partial charge in [-0.15, -0.1) is 0 Å². The van der Waals surface area contributed by atoms with Crippen molar-refractivity contribution in [3.63, 3.8) is 0 Å². The van der Waals surface area contributed by atoms with Crippen LogP contribution in [0.25, 0.3) is 11.0 Å². The number of nitrogens with zero attached hydrogens (tertiary/aromatic N) is 4. The molecule has 2 aromatic heterocycles. The highest BCUT2D eigenvalue weighted by atomic mass is 32.2. The molecule has 4 aromatic rings. The molecular weight excluding hydrogens is 638 g/mol. The van der Waals surface area contributed by atoms with Gasteiger partial charge in [-0.3, -0.25) is 4.79 Å². The van der Waals surface area contributed by atoms with Crippen molar-refractivity contribution >= 4 is 52.1 Å². The zero-order chi connectivity index (χ0) is 34.0. The minimum Gasteiger partial charge on any atom is -0.495 e. The fraction of sp³-hybridized carbons (Fsp3) is 0.471. The van der Waals surface area contributed by atoms with Crippen LogP contribution in [0.4, 0.5) is 22.1 Å². The van der Waals surface area contributed by atoms with Gasteiger partial charge in [0.25, 0.3) is 0 Å². The zero-order valence-corrected chi connectivity index (χ0v) is 28.8. The summed E-state index contributed by atoms with van der Waals surface area (Å²) in [7, 11) is 4.55. The van der Waals surface area contributed by atoms with E-state index in [0.29, 0.717) is 57.9 Å². The predicted molar refractivity (Wildman–Crippen MR) is 181 cm³/mol. The summed E-state index contributed by atoms with van der Waals surface area (Å²) in [6.07, 6.45) is 4.26. The Morgan fingerprint density at radius 2 is 1.83 bits per heavy atom. The number of nitrogens with one attached hydrogen (secondary N) is 1. The number of anilines is 3. The number of rotatable bonds is 12. The van der Waals surface area contributed by atoms with E-state index in [9.17, 15) is 9.59 Å². The second-order valence-corrected chi connectivity index (χ2v) is 13.6. The molecule has 3 heterocycles. The molecule has 13 nitrogen and oxygen atoms in total.